The van der Waals surface area contributed by atoms with Gasteiger partial charge in [0.1, 0.15) is 0 Å². The molecule has 2 aromatic rings. The van der Waals surface area contributed by atoms with Crippen molar-refractivity contribution in [2.45, 2.75) is 26.7 Å². The third-order valence-electron chi connectivity index (χ3n) is 2.81. The summed E-state index contributed by atoms with van der Waals surface area (Å²) in [6.45, 7) is 6.08. The molecule has 0 aliphatic heterocycles. The first-order valence-corrected chi connectivity index (χ1v) is 7.29. The molecule has 0 amide bonds. The minimum Gasteiger partial charge on any atom is -0.421 e. The quantitative estimate of drug-likeness (QED) is 0.828. The Morgan fingerprint density at radius 3 is 2.84 bits per heavy atom. The van der Waals surface area contributed by atoms with Crippen LogP contribution in [0.25, 0.3) is 11.5 Å². The molecule has 1 aromatic carbocycles. The Bertz CT molecular complexity index is 539. The summed E-state index contributed by atoms with van der Waals surface area (Å²) in [6.07, 6.45) is 1.90. The Hall–Kier alpha value is -1.20. The lowest BCUT2D eigenvalue weighted by atomic mass is 10.1. The molecule has 19 heavy (non-hydrogen) atoms. The average molecular weight is 324 g/mol. The second-order valence-corrected chi connectivity index (χ2v) is 5.32. The fourth-order valence-corrected chi connectivity index (χ4v) is 1.99. The molecule has 0 unspecified atom stereocenters. The molecule has 1 heterocycles. The Morgan fingerprint density at radius 2 is 2.11 bits per heavy atom. The van der Waals surface area contributed by atoms with E-state index in [-0.39, 0.29) is 0 Å². The molecular weight excluding hydrogens is 306 g/mol. The molecule has 0 saturated heterocycles. The van der Waals surface area contributed by atoms with Crippen LogP contribution in [-0.4, -0.2) is 23.3 Å². The van der Waals surface area contributed by atoms with Crippen LogP contribution in [0.4, 0.5) is 0 Å². The molecule has 2 rings (SSSR count). The molecule has 0 aliphatic rings. The van der Waals surface area contributed by atoms with Crippen molar-refractivity contribution in [1.29, 1.82) is 0 Å². The molecule has 102 valence electrons. The van der Waals surface area contributed by atoms with Gasteiger partial charge in [0.2, 0.25) is 11.8 Å². The van der Waals surface area contributed by atoms with E-state index in [0.717, 1.165) is 41.5 Å². The predicted molar refractivity (Wildman–Crippen MR) is 79.0 cm³/mol. The molecule has 0 spiro atoms. The van der Waals surface area contributed by atoms with Gasteiger partial charge in [-0.1, -0.05) is 22.9 Å². The van der Waals surface area contributed by atoms with Gasteiger partial charge in [-0.25, -0.2) is 0 Å². The van der Waals surface area contributed by atoms with Crippen molar-refractivity contribution in [3.8, 4) is 11.5 Å². The van der Waals surface area contributed by atoms with Crippen molar-refractivity contribution in [2.75, 3.05) is 13.1 Å². The average Bonchev–Trinajstić information content (AvgIpc) is 2.87. The van der Waals surface area contributed by atoms with Crippen LogP contribution in [0.2, 0.25) is 0 Å². The number of halogens is 1. The highest BCUT2D eigenvalue weighted by Crippen LogP contribution is 2.24. The van der Waals surface area contributed by atoms with Gasteiger partial charge < -0.3 is 9.73 Å². The molecule has 0 saturated carbocycles. The van der Waals surface area contributed by atoms with Crippen LogP contribution in [-0.2, 0) is 6.42 Å². The highest BCUT2D eigenvalue weighted by atomic mass is 79.9. The van der Waals surface area contributed by atoms with E-state index in [1.165, 1.54) is 0 Å². The molecule has 0 bridgehead atoms. The lowest BCUT2D eigenvalue weighted by molar-refractivity contribution is 0.494. The number of nitrogens with zero attached hydrogens (tertiary/aromatic N) is 2. The number of hydrogen-bond donors (Lipinski definition) is 1. The van der Waals surface area contributed by atoms with Gasteiger partial charge >= 0.3 is 0 Å². The van der Waals surface area contributed by atoms with E-state index in [0.29, 0.717) is 11.8 Å². The summed E-state index contributed by atoms with van der Waals surface area (Å²) in [4.78, 5) is 0. The Balaban J connectivity index is 2.01. The smallest absolute Gasteiger partial charge is 0.247 e. The van der Waals surface area contributed by atoms with Crippen LogP contribution in [0.5, 0.6) is 0 Å². The van der Waals surface area contributed by atoms with Gasteiger partial charge in [0, 0.05) is 23.0 Å². The van der Waals surface area contributed by atoms with Gasteiger partial charge in [-0.05, 0) is 43.7 Å². The second kappa shape index (κ2) is 6.82. The largest absolute Gasteiger partial charge is 0.421 e. The van der Waals surface area contributed by atoms with E-state index >= 15 is 0 Å². The number of aryl methyl sites for hydroxylation is 1. The zero-order valence-electron chi connectivity index (χ0n) is 11.2. The topological polar surface area (TPSA) is 51.0 Å². The van der Waals surface area contributed by atoms with Crippen LogP contribution in [0.3, 0.4) is 0 Å². The van der Waals surface area contributed by atoms with E-state index in [1.54, 1.807) is 0 Å². The molecule has 1 N–H and O–H groups in total. The number of rotatable bonds is 6. The zero-order chi connectivity index (χ0) is 13.7. The highest BCUT2D eigenvalue weighted by Gasteiger charge is 2.09. The summed E-state index contributed by atoms with van der Waals surface area (Å²) >= 11 is 3.48. The summed E-state index contributed by atoms with van der Waals surface area (Å²) in [6, 6.07) is 6.01. The standard InChI is InChI=1S/C14H18BrN3O/c1-3-7-16-8-6-13-17-18-14(19-13)11-4-5-12(15)10(2)9-11/h4-5,9,16H,3,6-8H2,1-2H3. The molecule has 0 fully saturated rings. The lowest BCUT2D eigenvalue weighted by Crippen LogP contribution is -2.17. The number of benzene rings is 1. The summed E-state index contributed by atoms with van der Waals surface area (Å²) in [5, 5.41) is 11.5. The van der Waals surface area contributed by atoms with Gasteiger partial charge in [-0.2, -0.15) is 0 Å². The van der Waals surface area contributed by atoms with Crippen LogP contribution in [0, 0.1) is 6.92 Å². The van der Waals surface area contributed by atoms with E-state index in [1.807, 2.05) is 25.1 Å². The Morgan fingerprint density at radius 1 is 1.26 bits per heavy atom. The van der Waals surface area contributed by atoms with Gasteiger partial charge in [0.05, 0.1) is 0 Å². The number of hydrogen-bond acceptors (Lipinski definition) is 4. The van der Waals surface area contributed by atoms with E-state index in [9.17, 15) is 0 Å². The fourth-order valence-electron chi connectivity index (χ4n) is 1.75. The highest BCUT2D eigenvalue weighted by molar-refractivity contribution is 9.10. The van der Waals surface area contributed by atoms with E-state index in [4.69, 9.17) is 4.42 Å². The molecule has 0 radical (unpaired) electrons. The minimum absolute atomic E-state index is 0.584. The van der Waals surface area contributed by atoms with Crippen molar-refractivity contribution in [3.05, 3.63) is 34.1 Å². The third kappa shape index (κ3) is 3.88. The van der Waals surface area contributed by atoms with Gasteiger partial charge in [-0.15, -0.1) is 10.2 Å². The summed E-state index contributed by atoms with van der Waals surface area (Å²) in [5.41, 5.74) is 2.11. The summed E-state index contributed by atoms with van der Waals surface area (Å²) in [7, 11) is 0. The second-order valence-electron chi connectivity index (χ2n) is 4.46. The van der Waals surface area contributed by atoms with Gasteiger partial charge in [-0.3, -0.25) is 0 Å². The van der Waals surface area contributed by atoms with Gasteiger partial charge in [0.15, 0.2) is 0 Å². The summed E-state index contributed by atoms with van der Waals surface area (Å²) in [5.74, 6) is 1.26. The third-order valence-corrected chi connectivity index (χ3v) is 3.70. The van der Waals surface area contributed by atoms with E-state index < -0.39 is 0 Å². The maximum atomic E-state index is 5.67. The number of nitrogens with one attached hydrogen (secondary N) is 1. The maximum Gasteiger partial charge on any atom is 0.247 e. The maximum absolute atomic E-state index is 5.67. The van der Waals surface area contributed by atoms with Crippen LogP contribution in [0.15, 0.2) is 27.1 Å². The number of aromatic nitrogens is 2. The SMILES string of the molecule is CCCNCCc1nnc(-c2ccc(Br)c(C)c2)o1. The van der Waals surface area contributed by atoms with Crippen LogP contribution in [0.1, 0.15) is 24.8 Å². The summed E-state index contributed by atoms with van der Waals surface area (Å²) < 4.78 is 6.75. The first-order valence-electron chi connectivity index (χ1n) is 6.50. The normalized spacial score (nSPS) is 10.9. The van der Waals surface area contributed by atoms with Crippen molar-refractivity contribution in [2.24, 2.45) is 0 Å². The lowest BCUT2D eigenvalue weighted by Gasteiger charge is -2.00. The zero-order valence-corrected chi connectivity index (χ0v) is 12.8. The minimum atomic E-state index is 0.584. The molecule has 0 aliphatic carbocycles. The first-order chi connectivity index (χ1) is 9.20. The monoisotopic (exact) mass is 323 g/mol. The van der Waals surface area contributed by atoms with Crippen molar-refractivity contribution in [3.63, 3.8) is 0 Å². The Kier molecular flexibility index (Phi) is 5.10. The molecule has 5 heteroatoms. The van der Waals surface area contributed by atoms with Crippen molar-refractivity contribution >= 4 is 15.9 Å². The first kappa shape index (κ1) is 14.2. The molecule has 0 atom stereocenters. The predicted octanol–water partition coefficient (Wildman–Crippen LogP) is 3.35. The van der Waals surface area contributed by atoms with Gasteiger partial charge in [0.25, 0.3) is 0 Å². The Labute approximate surface area is 121 Å². The molecular formula is C14H18BrN3O. The van der Waals surface area contributed by atoms with Crippen molar-refractivity contribution in [1.82, 2.24) is 15.5 Å². The molecule has 4 nitrogen and oxygen atoms in total. The van der Waals surface area contributed by atoms with Crippen molar-refractivity contribution < 1.29 is 4.42 Å². The van der Waals surface area contributed by atoms with Crippen LogP contribution >= 0.6 is 15.9 Å². The van der Waals surface area contributed by atoms with E-state index in [2.05, 4.69) is 38.4 Å². The van der Waals surface area contributed by atoms with Crippen LogP contribution < -0.4 is 5.32 Å². The molecule has 1 aromatic heterocycles. The fraction of sp³-hybridized carbons (Fsp3) is 0.429.